The summed E-state index contributed by atoms with van der Waals surface area (Å²) < 4.78 is 26.1. The second-order valence-electron chi connectivity index (χ2n) is 4.76. The van der Waals surface area contributed by atoms with E-state index in [1.54, 1.807) is 13.8 Å². The predicted molar refractivity (Wildman–Crippen MR) is 76.2 cm³/mol. The molecule has 0 bridgehead atoms. The first-order valence-electron chi connectivity index (χ1n) is 6.30. The molecule has 0 unspecified atom stereocenters. The molecule has 116 valence electrons. The number of carbonyl (C=O) groups is 2. The molecule has 0 spiro atoms. The molecule has 1 rings (SSSR count). The van der Waals surface area contributed by atoms with Gasteiger partial charge >= 0.3 is 5.97 Å². The van der Waals surface area contributed by atoms with Gasteiger partial charge in [0.25, 0.3) is 0 Å². The van der Waals surface area contributed by atoms with Crippen molar-refractivity contribution in [2.24, 2.45) is 0 Å². The summed E-state index contributed by atoms with van der Waals surface area (Å²) in [6.45, 7) is 3.19. The van der Waals surface area contributed by atoms with Crippen molar-refractivity contribution in [3.63, 3.8) is 0 Å². The normalized spacial score (nSPS) is 11.4. The first-order chi connectivity index (χ1) is 9.70. The first kappa shape index (κ1) is 17.1. The molecule has 7 nitrogen and oxygen atoms in total. The number of aliphatic carboxylic acids is 1. The van der Waals surface area contributed by atoms with Crippen LogP contribution in [-0.4, -0.2) is 38.0 Å². The lowest BCUT2D eigenvalue weighted by atomic mass is 10.2. The van der Waals surface area contributed by atoms with E-state index in [0.717, 1.165) is 0 Å². The van der Waals surface area contributed by atoms with Gasteiger partial charge in [0.05, 0.1) is 17.9 Å². The number of carbonyl (C=O) groups excluding carboxylic acids is 1. The van der Waals surface area contributed by atoms with E-state index in [4.69, 9.17) is 5.11 Å². The van der Waals surface area contributed by atoms with E-state index in [9.17, 15) is 18.0 Å². The van der Waals surface area contributed by atoms with E-state index in [0.29, 0.717) is 5.56 Å². The maximum absolute atomic E-state index is 11.9. The Morgan fingerprint density at radius 3 is 2.24 bits per heavy atom. The van der Waals surface area contributed by atoms with Crippen LogP contribution in [0.2, 0.25) is 0 Å². The van der Waals surface area contributed by atoms with Gasteiger partial charge < -0.3 is 10.4 Å². The zero-order valence-electron chi connectivity index (χ0n) is 11.8. The van der Waals surface area contributed by atoms with Crippen LogP contribution in [0.25, 0.3) is 0 Å². The highest BCUT2D eigenvalue weighted by atomic mass is 32.2. The summed E-state index contributed by atoms with van der Waals surface area (Å²) in [7, 11) is -3.79. The van der Waals surface area contributed by atoms with Crippen molar-refractivity contribution < 1.29 is 23.1 Å². The fourth-order valence-electron chi connectivity index (χ4n) is 1.58. The lowest BCUT2D eigenvalue weighted by Crippen LogP contribution is -2.39. The van der Waals surface area contributed by atoms with Crippen LogP contribution in [0.1, 0.15) is 19.4 Å². The molecule has 1 aromatic rings. The predicted octanol–water partition coefficient (Wildman–Crippen LogP) is 0.117. The Morgan fingerprint density at radius 2 is 1.76 bits per heavy atom. The molecule has 0 aliphatic rings. The average Bonchev–Trinajstić information content (AvgIpc) is 2.36. The number of hydrogen-bond donors (Lipinski definition) is 3. The van der Waals surface area contributed by atoms with E-state index in [1.165, 1.54) is 24.3 Å². The molecule has 0 saturated carbocycles. The van der Waals surface area contributed by atoms with E-state index in [1.807, 2.05) is 0 Å². The fraction of sp³-hybridized carbons (Fsp3) is 0.385. The molecule has 0 heterocycles. The number of carboxylic acid groups (broad SMARTS) is 1. The molecular weight excluding hydrogens is 296 g/mol. The topological polar surface area (TPSA) is 113 Å². The minimum Gasteiger partial charge on any atom is -0.481 e. The Labute approximate surface area is 123 Å². The van der Waals surface area contributed by atoms with Crippen molar-refractivity contribution in [2.75, 3.05) is 6.54 Å². The number of hydrogen-bond acceptors (Lipinski definition) is 4. The Morgan fingerprint density at radius 1 is 1.19 bits per heavy atom. The minimum atomic E-state index is -3.79. The zero-order valence-corrected chi connectivity index (χ0v) is 12.6. The van der Waals surface area contributed by atoms with E-state index >= 15 is 0 Å². The molecule has 0 aliphatic heterocycles. The average molecular weight is 314 g/mol. The SMILES string of the molecule is CC(C)NC(=O)CNS(=O)(=O)c1ccc(CC(=O)O)cc1. The van der Waals surface area contributed by atoms with Crippen LogP contribution in [0.4, 0.5) is 0 Å². The van der Waals surface area contributed by atoms with Gasteiger partial charge in [-0.05, 0) is 31.5 Å². The van der Waals surface area contributed by atoms with Gasteiger partial charge in [0.1, 0.15) is 0 Å². The van der Waals surface area contributed by atoms with Crippen LogP contribution in [0.3, 0.4) is 0 Å². The standard InChI is InChI=1S/C13H18N2O5S/c1-9(2)15-12(16)8-14-21(19,20)11-5-3-10(4-6-11)7-13(17)18/h3-6,9,14H,7-8H2,1-2H3,(H,15,16)(H,17,18). The van der Waals surface area contributed by atoms with Gasteiger partial charge in [0.15, 0.2) is 0 Å². The lowest BCUT2D eigenvalue weighted by Gasteiger charge is -2.10. The molecule has 0 fully saturated rings. The summed E-state index contributed by atoms with van der Waals surface area (Å²) in [6, 6.07) is 5.40. The summed E-state index contributed by atoms with van der Waals surface area (Å²) in [5.74, 6) is -1.41. The second-order valence-corrected chi connectivity index (χ2v) is 6.53. The number of nitrogens with one attached hydrogen (secondary N) is 2. The maximum atomic E-state index is 11.9. The second kappa shape index (κ2) is 7.19. The van der Waals surface area contributed by atoms with Gasteiger partial charge in [-0.2, -0.15) is 0 Å². The number of rotatable bonds is 7. The van der Waals surface area contributed by atoms with Crippen LogP contribution in [0, 0.1) is 0 Å². The van der Waals surface area contributed by atoms with Crippen molar-refractivity contribution in [3.8, 4) is 0 Å². The first-order valence-corrected chi connectivity index (χ1v) is 7.79. The minimum absolute atomic E-state index is 0.0195. The van der Waals surface area contributed by atoms with Gasteiger partial charge in [-0.15, -0.1) is 0 Å². The quantitative estimate of drug-likeness (QED) is 0.661. The summed E-state index contributed by atoms with van der Waals surface area (Å²) in [5, 5.41) is 11.2. The highest BCUT2D eigenvalue weighted by Crippen LogP contribution is 2.10. The Kier molecular flexibility index (Phi) is 5.86. The molecule has 8 heteroatoms. The molecule has 0 saturated heterocycles. The number of sulfonamides is 1. The molecule has 0 radical (unpaired) electrons. The van der Waals surface area contributed by atoms with Crippen molar-refractivity contribution in [2.45, 2.75) is 31.2 Å². The third-order valence-corrected chi connectivity index (χ3v) is 3.88. The van der Waals surface area contributed by atoms with Crippen molar-refractivity contribution in [1.29, 1.82) is 0 Å². The van der Waals surface area contributed by atoms with Crippen LogP contribution in [0.5, 0.6) is 0 Å². The van der Waals surface area contributed by atoms with E-state index < -0.39 is 21.9 Å². The monoisotopic (exact) mass is 314 g/mol. The van der Waals surface area contributed by atoms with Gasteiger partial charge in [-0.3, -0.25) is 9.59 Å². The van der Waals surface area contributed by atoms with Gasteiger partial charge in [0.2, 0.25) is 15.9 Å². The van der Waals surface area contributed by atoms with E-state index in [-0.39, 0.29) is 23.9 Å². The summed E-state index contributed by atoms with van der Waals surface area (Å²) in [6.07, 6.45) is -0.176. The van der Waals surface area contributed by atoms with Gasteiger partial charge in [-0.1, -0.05) is 12.1 Å². The van der Waals surface area contributed by atoms with E-state index in [2.05, 4.69) is 10.0 Å². The highest BCUT2D eigenvalue weighted by molar-refractivity contribution is 7.89. The van der Waals surface area contributed by atoms with Crippen molar-refractivity contribution in [1.82, 2.24) is 10.0 Å². The third-order valence-electron chi connectivity index (χ3n) is 2.46. The Bertz CT molecular complexity index is 608. The molecular formula is C13H18N2O5S. The molecule has 3 N–H and O–H groups in total. The molecule has 1 amide bonds. The number of carboxylic acids is 1. The third kappa shape index (κ3) is 5.92. The van der Waals surface area contributed by atoms with Crippen molar-refractivity contribution >= 4 is 21.9 Å². The van der Waals surface area contributed by atoms with Crippen LogP contribution in [0.15, 0.2) is 29.2 Å². The molecule has 1 aromatic carbocycles. The number of benzene rings is 1. The largest absolute Gasteiger partial charge is 0.481 e. The van der Waals surface area contributed by atoms with Crippen LogP contribution < -0.4 is 10.0 Å². The van der Waals surface area contributed by atoms with Crippen LogP contribution >= 0.6 is 0 Å². The summed E-state index contributed by atoms with van der Waals surface area (Å²) >= 11 is 0. The Hall–Kier alpha value is -1.93. The smallest absolute Gasteiger partial charge is 0.307 e. The molecule has 0 aliphatic carbocycles. The zero-order chi connectivity index (χ0) is 16.0. The Balaban J connectivity index is 2.70. The van der Waals surface area contributed by atoms with Gasteiger partial charge in [0, 0.05) is 6.04 Å². The molecule has 0 aromatic heterocycles. The van der Waals surface area contributed by atoms with Gasteiger partial charge in [-0.25, -0.2) is 13.1 Å². The highest BCUT2D eigenvalue weighted by Gasteiger charge is 2.15. The summed E-state index contributed by atoms with van der Waals surface area (Å²) in [5.41, 5.74) is 0.499. The van der Waals surface area contributed by atoms with Crippen LogP contribution in [-0.2, 0) is 26.0 Å². The number of amides is 1. The summed E-state index contributed by atoms with van der Waals surface area (Å²) in [4.78, 5) is 21.9. The molecule has 21 heavy (non-hydrogen) atoms. The maximum Gasteiger partial charge on any atom is 0.307 e. The fourth-order valence-corrected chi connectivity index (χ4v) is 2.56. The van der Waals surface area contributed by atoms with Crippen molar-refractivity contribution in [3.05, 3.63) is 29.8 Å². The lowest BCUT2D eigenvalue weighted by molar-refractivity contribution is -0.136. The molecule has 0 atom stereocenters.